The molecular weight excluding hydrogens is 240 g/mol. The molecule has 6 heteroatoms. The molecule has 0 aliphatic rings. The van der Waals surface area contributed by atoms with Gasteiger partial charge in [-0.3, -0.25) is 0 Å². The summed E-state index contributed by atoms with van der Waals surface area (Å²) in [4.78, 5) is 19.6. The summed E-state index contributed by atoms with van der Waals surface area (Å²) in [5.74, 6) is 2.17. The summed E-state index contributed by atoms with van der Waals surface area (Å²) in [5, 5.41) is 0. The molecule has 0 bridgehead atoms. The van der Waals surface area contributed by atoms with Crippen molar-refractivity contribution in [2.24, 2.45) is 0 Å². The lowest BCUT2D eigenvalue weighted by atomic mass is 10.4. The van der Waals surface area contributed by atoms with Crippen molar-refractivity contribution in [3.8, 4) is 0 Å². The summed E-state index contributed by atoms with van der Waals surface area (Å²) in [7, 11) is 7.93. The molecule has 0 fully saturated rings. The summed E-state index contributed by atoms with van der Waals surface area (Å²) in [6.45, 7) is 6.17. The predicted octanol–water partition coefficient (Wildman–Crippen LogP) is 1.63. The fraction of sp³-hybridized carbons (Fsp3) is 0.769. The first-order valence-electron chi connectivity index (χ1n) is 6.85. The van der Waals surface area contributed by atoms with E-state index in [1.165, 1.54) is 0 Å². The first-order chi connectivity index (χ1) is 8.99. The van der Waals surface area contributed by atoms with Gasteiger partial charge in [-0.1, -0.05) is 13.8 Å². The van der Waals surface area contributed by atoms with Crippen LogP contribution in [0.3, 0.4) is 0 Å². The topological polar surface area (TPSA) is 48.4 Å². The fourth-order valence-corrected chi connectivity index (χ4v) is 1.76. The van der Waals surface area contributed by atoms with Gasteiger partial charge in [0.15, 0.2) is 0 Å². The number of hydrogen-bond donors (Lipinski definition) is 0. The minimum Gasteiger partial charge on any atom is -0.347 e. The van der Waals surface area contributed by atoms with Crippen LogP contribution in [0, 0.1) is 0 Å². The highest BCUT2D eigenvalue weighted by Gasteiger charge is 2.13. The van der Waals surface area contributed by atoms with Gasteiger partial charge in [-0.2, -0.15) is 15.0 Å². The highest BCUT2D eigenvalue weighted by atomic mass is 15.4. The smallest absolute Gasteiger partial charge is 0.231 e. The zero-order valence-corrected chi connectivity index (χ0v) is 13.0. The maximum atomic E-state index is 4.56. The van der Waals surface area contributed by atoms with Crippen molar-refractivity contribution in [1.82, 2.24) is 15.0 Å². The average molecular weight is 266 g/mol. The van der Waals surface area contributed by atoms with Gasteiger partial charge in [-0.25, -0.2) is 0 Å². The van der Waals surface area contributed by atoms with Crippen LogP contribution in [-0.2, 0) is 0 Å². The fourth-order valence-electron chi connectivity index (χ4n) is 1.76. The molecule has 0 unspecified atom stereocenters. The van der Waals surface area contributed by atoms with Gasteiger partial charge in [-0.05, 0) is 12.8 Å². The van der Waals surface area contributed by atoms with Gasteiger partial charge < -0.3 is 14.7 Å². The standard InChI is InChI=1S/C13H26N6/c1-7-9-18(5)12-14-11(17(3)4)15-13(16-12)19(6)10-8-2/h7-10H2,1-6H3. The molecule has 108 valence electrons. The van der Waals surface area contributed by atoms with E-state index in [2.05, 4.69) is 38.6 Å². The largest absolute Gasteiger partial charge is 0.347 e. The van der Waals surface area contributed by atoms with Crippen LogP contribution >= 0.6 is 0 Å². The number of aromatic nitrogens is 3. The molecule has 0 saturated carbocycles. The molecule has 0 radical (unpaired) electrons. The predicted molar refractivity (Wildman–Crippen MR) is 81.3 cm³/mol. The van der Waals surface area contributed by atoms with E-state index in [4.69, 9.17) is 0 Å². The van der Waals surface area contributed by atoms with Gasteiger partial charge in [0, 0.05) is 41.3 Å². The van der Waals surface area contributed by atoms with Gasteiger partial charge in [-0.15, -0.1) is 0 Å². The van der Waals surface area contributed by atoms with Crippen molar-refractivity contribution in [2.45, 2.75) is 26.7 Å². The first kappa shape index (κ1) is 15.5. The second kappa shape index (κ2) is 7.11. The SMILES string of the molecule is CCCN(C)c1nc(N(C)C)nc(N(C)CCC)n1. The van der Waals surface area contributed by atoms with Crippen LogP contribution < -0.4 is 14.7 Å². The molecule has 1 heterocycles. The minimum absolute atomic E-state index is 0.700. The van der Waals surface area contributed by atoms with Gasteiger partial charge in [0.2, 0.25) is 17.8 Å². The van der Waals surface area contributed by atoms with Gasteiger partial charge >= 0.3 is 0 Å². The van der Waals surface area contributed by atoms with E-state index in [0.717, 1.165) is 37.8 Å². The summed E-state index contributed by atoms with van der Waals surface area (Å²) in [6, 6.07) is 0. The zero-order chi connectivity index (χ0) is 14.4. The van der Waals surface area contributed by atoms with Crippen LogP contribution in [0.2, 0.25) is 0 Å². The Kier molecular flexibility index (Phi) is 5.79. The van der Waals surface area contributed by atoms with Crippen molar-refractivity contribution in [1.29, 1.82) is 0 Å². The summed E-state index contributed by atoms with van der Waals surface area (Å²) in [5.41, 5.74) is 0. The molecule has 0 saturated heterocycles. The van der Waals surface area contributed by atoms with Crippen molar-refractivity contribution in [3.63, 3.8) is 0 Å². The van der Waals surface area contributed by atoms with Crippen molar-refractivity contribution in [3.05, 3.63) is 0 Å². The van der Waals surface area contributed by atoms with Crippen molar-refractivity contribution < 1.29 is 0 Å². The summed E-state index contributed by atoms with van der Waals surface area (Å²) in [6.07, 6.45) is 2.14. The minimum atomic E-state index is 0.700. The Labute approximate surface area is 116 Å². The van der Waals surface area contributed by atoms with E-state index in [1.54, 1.807) is 0 Å². The maximum Gasteiger partial charge on any atom is 0.231 e. The summed E-state index contributed by atoms with van der Waals surface area (Å²) < 4.78 is 0. The van der Waals surface area contributed by atoms with Crippen LogP contribution in [0.25, 0.3) is 0 Å². The van der Waals surface area contributed by atoms with Crippen LogP contribution in [-0.4, -0.2) is 56.2 Å². The molecule has 1 aromatic rings. The third-order valence-electron chi connectivity index (χ3n) is 2.80. The molecule has 1 rings (SSSR count). The Morgan fingerprint density at radius 1 is 0.684 bits per heavy atom. The molecule has 0 aliphatic heterocycles. The molecule has 0 amide bonds. The lowest BCUT2D eigenvalue weighted by Crippen LogP contribution is -2.27. The summed E-state index contributed by atoms with van der Waals surface area (Å²) >= 11 is 0. The van der Waals surface area contributed by atoms with E-state index < -0.39 is 0 Å². The Morgan fingerprint density at radius 3 is 1.37 bits per heavy atom. The molecule has 1 aromatic heterocycles. The Balaban J connectivity index is 3.10. The number of anilines is 3. The van der Waals surface area contributed by atoms with Gasteiger partial charge in [0.25, 0.3) is 0 Å². The first-order valence-corrected chi connectivity index (χ1v) is 6.85. The molecule has 0 N–H and O–H groups in total. The molecule has 19 heavy (non-hydrogen) atoms. The highest BCUT2D eigenvalue weighted by Crippen LogP contribution is 2.16. The number of nitrogens with zero attached hydrogens (tertiary/aromatic N) is 6. The highest BCUT2D eigenvalue weighted by molar-refractivity contribution is 5.45. The Bertz CT molecular complexity index is 362. The number of rotatable bonds is 7. The molecule has 0 aromatic carbocycles. The monoisotopic (exact) mass is 266 g/mol. The Morgan fingerprint density at radius 2 is 1.05 bits per heavy atom. The Hall–Kier alpha value is -1.59. The third-order valence-corrected chi connectivity index (χ3v) is 2.80. The van der Waals surface area contributed by atoms with E-state index >= 15 is 0 Å². The van der Waals surface area contributed by atoms with Crippen molar-refractivity contribution >= 4 is 17.8 Å². The quantitative estimate of drug-likeness (QED) is 0.747. The molecule has 0 aliphatic carbocycles. The lowest BCUT2D eigenvalue weighted by Gasteiger charge is -2.22. The van der Waals surface area contributed by atoms with E-state index in [0.29, 0.717) is 5.95 Å². The van der Waals surface area contributed by atoms with E-state index in [1.807, 2.05) is 33.1 Å². The van der Waals surface area contributed by atoms with E-state index in [9.17, 15) is 0 Å². The van der Waals surface area contributed by atoms with Crippen LogP contribution in [0.4, 0.5) is 17.8 Å². The van der Waals surface area contributed by atoms with E-state index in [-0.39, 0.29) is 0 Å². The third kappa shape index (κ3) is 4.22. The maximum absolute atomic E-state index is 4.56. The zero-order valence-electron chi connectivity index (χ0n) is 13.0. The second-order valence-corrected chi connectivity index (χ2v) is 4.97. The van der Waals surface area contributed by atoms with Crippen LogP contribution in [0.1, 0.15) is 26.7 Å². The lowest BCUT2D eigenvalue weighted by molar-refractivity contribution is 0.776. The second-order valence-electron chi connectivity index (χ2n) is 4.97. The molecule has 6 nitrogen and oxygen atoms in total. The van der Waals surface area contributed by atoms with Crippen molar-refractivity contribution in [2.75, 3.05) is 56.0 Å². The van der Waals surface area contributed by atoms with Gasteiger partial charge in [0.1, 0.15) is 0 Å². The van der Waals surface area contributed by atoms with Crippen LogP contribution in [0.5, 0.6) is 0 Å². The molecule has 0 spiro atoms. The molecule has 0 atom stereocenters. The van der Waals surface area contributed by atoms with Crippen LogP contribution in [0.15, 0.2) is 0 Å². The average Bonchev–Trinajstić information content (AvgIpc) is 2.38. The molecular formula is C13H26N6. The number of hydrogen-bond acceptors (Lipinski definition) is 6. The van der Waals surface area contributed by atoms with Gasteiger partial charge in [0.05, 0.1) is 0 Å². The normalized spacial score (nSPS) is 10.4.